The number of likely N-dealkylation sites (N-methyl/N-ethyl adjacent to an activating group) is 1. The smallest absolute Gasteiger partial charge is 0.245 e. The van der Waals surface area contributed by atoms with Gasteiger partial charge in [0.2, 0.25) is 5.91 Å². The zero-order valence-electron chi connectivity index (χ0n) is 21.9. The summed E-state index contributed by atoms with van der Waals surface area (Å²) in [6.45, 7) is 2.86. The van der Waals surface area contributed by atoms with Gasteiger partial charge in [-0.15, -0.1) is 0 Å². The third-order valence-electron chi connectivity index (χ3n) is 6.38. The Balaban J connectivity index is 1.50. The molecule has 0 aliphatic carbocycles. The van der Waals surface area contributed by atoms with Gasteiger partial charge in [0, 0.05) is 19.5 Å². The Bertz CT molecular complexity index is 1370. The highest BCUT2D eigenvalue weighted by Gasteiger charge is 2.14. The molecule has 0 aliphatic heterocycles. The first-order valence-corrected chi connectivity index (χ1v) is 12.9. The second kappa shape index (κ2) is 12.7. The van der Waals surface area contributed by atoms with Crippen molar-refractivity contribution in [3.63, 3.8) is 0 Å². The molecule has 0 unspecified atom stereocenters. The van der Waals surface area contributed by atoms with Crippen LogP contribution in [0.5, 0.6) is 5.75 Å². The van der Waals surface area contributed by atoms with E-state index in [1.54, 1.807) is 25.1 Å². The SMILES string of the molecule is CC/C(=C(/c1ccc(OCCCC/C=C/C(=O)N(C)C)cc1)c1ccc2[nH]ncc2c1)c1ccccc1. The van der Waals surface area contributed by atoms with Gasteiger partial charge in [-0.2, -0.15) is 5.10 Å². The number of rotatable bonds is 11. The van der Waals surface area contributed by atoms with Crippen LogP contribution in [0.25, 0.3) is 22.0 Å². The van der Waals surface area contributed by atoms with Crippen LogP contribution >= 0.6 is 0 Å². The molecule has 0 saturated heterocycles. The summed E-state index contributed by atoms with van der Waals surface area (Å²) < 4.78 is 6.00. The summed E-state index contributed by atoms with van der Waals surface area (Å²) in [5, 5.41) is 8.34. The number of nitrogens with zero attached hydrogens (tertiary/aromatic N) is 2. The highest BCUT2D eigenvalue weighted by molar-refractivity contribution is 6.00. The normalized spacial score (nSPS) is 12.1. The second-order valence-electron chi connectivity index (χ2n) is 9.25. The predicted molar refractivity (Wildman–Crippen MR) is 152 cm³/mol. The van der Waals surface area contributed by atoms with E-state index in [9.17, 15) is 4.79 Å². The summed E-state index contributed by atoms with van der Waals surface area (Å²) in [6, 6.07) is 25.5. The van der Waals surface area contributed by atoms with E-state index < -0.39 is 0 Å². The number of carbonyl (C=O) groups is 1. The fourth-order valence-electron chi connectivity index (χ4n) is 4.38. The van der Waals surface area contributed by atoms with Gasteiger partial charge in [0.15, 0.2) is 0 Å². The monoisotopic (exact) mass is 493 g/mol. The number of aromatic amines is 1. The van der Waals surface area contributed by atoms with Crippen LogP contribution in [0.15, 0.2) is 91.1 Å². The standard InChI is InChI=1S/C32H35N3O2/c1-4-29(24-12-8-7-9-13-24)32(26-17-20-30-27(22-26)23-33-34-30)25-15-18-28(19-16-25)37-21-11-6-5-10-14-31(36)35(2)3/h7-10,12-20,22-23H,4-6,11,21H2,1-3H3,(H,33,34)/b14-10+,32-29+. The van der Waals surface area contributed by atoms with Crippen LogP contribution in [-0.2, 0) is 4.79 Å². The summed E-state index contributed by atoms with van der Waals surface area (Å²) in [5.41, 5.74) is 7.12. The van der Waals surface area contributed by atoms with E-state index in [2.05, 4.69) is 89.9 Å². The Morgan fingerprint density at radius 2 is 1.70 bits per heavy atom. The van der Waals surface area contributed by atoms with Crippen LogP contribution in [0.4, 0.5) is 0 Å². The quantitative estimate of drug-likeness (QED) is 0.137. The molecule has 4 aromatic rings. The van der Waals surface area contributed by atoms with Gasteiger partial charge in [0.1, 0.15) is 5.75 Å². The highest BCUT2D eigenvalue weighted by Crippen LogP contribution is 2.36. The van der Waals surface area contributed by atoms with Crippen molar-refractivity contribution in [2.45, 2.75) is 32.6 Å². The van der Waals surface area contributed by atoms with Crippen LogP contribution in [0.3, 0.4) is 0 Å². The number of carbonyl (C=O) groups excluding carboxylic acids is 1. The number of amides is 1. The molecular weight excluding hydrogens is 458 g/mol. The molecule has 1 N–H and O–H groups in total. The van der Waals surface area contributed by atoms with Gasteiger partial charge in [-0.05, 0) is 83.9 Å². The Hall–Kier alpha value is -4.12. The molecule has 5 nitrogen and oxygen atoms in total. The summed E-state index contributed by atoms with van der Waals surface area (Å²) in [7, 11) is 3.51. The lowest BCUT2D eigenvalue weighted by Gasteiger charge is -2.17. The van der Waals surface area contributed by atoms with Crippen molar-refractivity contribution in [3.05, 3.63) is 108 Å². The molecule has 0 spiro atoms. The van der Waals surface area contributed by atoms with Crippen molar-refractivity contribution in [3.8, 4) is 5.75 Å². The third-order valence-corrected chi connectivity index (χ3v) is 6.38. The van der Waals surface area contributed by atoms with Gasteiger partial charge < -0.3 is 9.64 Å². The molecule has 1 amide bonds. The molecule has 4 rings (SSSR count). The van der Waals surface area contributed by atoms with Gasteiger partial charge in [0.05, 0.1) is 18.3 Å². The third kappa shape index (κ3) is 6.76. The zero-order chi connectivity index (χ0) is 26.0. The molecule has 0 radical (unpaired) electrons. The molecule has 0 saturated carbocycles. The van der Waals surface area contributed by atoms with Crippen LogP contribution in [0, 0.1) is 0 Å². The number of aromatic nitrogens is 2. The molecule has 3 aromatic carbocycles. The fraction of sp³-hybridized carbons (Fsp3) is 0.250. The van der Waals surface area contributed by atoms with Gasteiger partial charge in [-0.25, -0.2) is 0 Å². The molecule has 0 aliphatic rings. The van der Waals surface area contributed by atoms with E-state index in [1.165, 1.54) is 22.3 Å². The number of ether oxygens (including phenoxy) is 1. The van der Waals surface area contributed by atoms with E-state index in [4.69, 9.17) is 4.74 Å². The van der Waals surface area contributed by atoms with E-state index in [-0.39, 0.29) is 5.91 Å². The Morgan fingerprint density at radius 3 is 2.43 bits per heavy atom. The molecule has 1 aromatic heterocycles. The number of fused-ring (bicyclic) bond motifs is 1. The number of H-pyrrole nitrogens is 1. The lowest BCUT2D eigenvalue weighted by atomic mass is 9.88. The van der Waals surface area contributed by atoms with Gasteiger partial charge in [-0.1, -0.05) is 61.5 Å². The Kier molecular flexibility index (Phi) is 8.93. The van der Waals surface area contributed by atoms with Crippen molar-refractivity contribution in [2.75, 3.05) is 20.7 Å². The molecular formula is C32H35N3O2. The Morgan fingerprint density at radius 1 is 0.946 bits per heavy atom. The average molecular weight is 494 g/mol. The van der Waals surface area contributed by atoms with Crippen molar-refractivity contribution in [1.82, 2.24) is 15.1 Å². The number of allylic oxidation sites excluding steroid dienone is 2. The van der Waals surface area contributed by atoms with Crippen molar-refractivity contribution in [2.24, 2.45) is 0 Å². The van der Waals surface area contributed by atoms with Crippen LogP contribution in [0.2, 0.25) is 0 Å². The topological polar surface area (TPSA) is 58.2 Å². The van der Waals surface area contributed by atoms with Crippen LogP contribution in [-0.4, -0.2) is 41.7 Å². The number of hydrogen-bond acceptors (Lipinski definition) is 3. The minimum absolute atomic E-state index is 0.0212. The van der Waals surface area contributed by atoms with Gasteiger partial charge >= 0.3 is 0 Å². The maximum Gasteiger partial charge on any atom is 0.245 e. The number of hydrogen-bond donors (Lipinski definition) is 1. The lowest BCUT2D eigenvalue weighted by molar-refractivity contribution is -0.123. The van der Waals surface area contributed by atoms with Crippen molar-refractivity contribution in [1.29, 1.82) is 0 Å². The largest absolute Gasteiger partial charge is 0.494 e. The minimum atomic E-state index is 0.0212. The average Bonchev–Trinajstić information content (AvgIpc) is 3.40. The predicted octanol–water partition coefficient (Wildman–Crippen LogP) is 7.13. The zero-order valence-corrected chi connectivity index (χ0v) is 21.9. The second-order valence-corrected chi connectivity index (χ2v) is 9.25. The molecule has 0 bridgehead atoms. The highest BCUT2D eigenvalue weighted by atomic mass is 16.5. The molecule has 0 fully saturated rings. The lowest BCUT2D eigenvalue weighted by Crippen LogP contribution is -2.18. The molecule has 37 heavy (non-hydrogen) atoms. The maximum absolute atomic E-state index is 11.6. The molecule has 0 atom stereocenters. The Labute approximate surface area is 219 Å². The summed E-state index contributed by atoms with van der Waals surface area (Å²) >= 11 is 0. The fourth-order valence-corrected chi connectivity index (χ4v) is 4.38. The van der Waals surface area contributed by atoms with Crippen molar-refractivity contribution < 1.29 is 9.53 Å². The first-order valence-electron chi connectivity index (χ1n) is 12.9. The van der Waals surface area contributed by atoms with E-state index in [1.807, 2.05) is 12.3 Å². The van der Waals surface area contributed by atoms with E-state index in [0.29, 0.717) is 6.61 Å². The summed E-state index contributed by atoms with van der Waals surface area (Å²) in [6.07, 6.45) is 9.14. The van der Waals surface area contributed by atoms with Gasteiger partial charge in [-0.3, -0.25) is 9.89 Å². The molecule has 5 heteroatoms. The minimum Gasteiger partial charge on any atom is -0.494 e. The maximum atomic E-state index is 11.6. The van der Waals surface area contributed by atoms with E-state index in [0.717, 1.165) is 47.9 Å². The van der Waals surface area contributed by atoms with Crippen LogP contribution in [0.1, 0.15) is 49.3 Å². The molecule has 190 valence electrons. The summed E-state index contributed by atoms with van der Waals surface area (Å²) in [5.74, 6) is 0.886. The first kappa shape index (κ1) is 26.0. The van der Waals surface area contributed by atoms with Crippen molar-refractivity contribution >= 4 is 28.0 Å². The number of nitrogens with one attached hydrogen (secondary N) is 1. The summed E-state index contributed by atoms with van der Waals surface area (Å²) in [4.78, 5) is 13.1. The number of benzene rings is 3. The number of unbranched alkanes of at least 4 members (excludes halogenated alkanes) is 2. The first-order chi connectivity index (χ1) is 18.1. The van der Waals surface area contributed by atoms with Gasteiger partial charge in [0.25, 0.3) is 0 Å². The van der Waals surface area contributed by atoms with E-state index >= 15 is 0 Å². The van der Waals surface area contributed by atoms with Crippen LogP contribution < -0.4 is 4.74 Å². The molecule has 1 heterocycles.